The number of amides is 1. The van der Waals surface area contributed by atoms with E-state index in [1.165, 1.54) is 15.9 Å². The molecule has 122 valence electrons. The zero-order valence-corrected chi connectivity index (χ0v) is 14.7. The highest BCUT2D eigenvalue weighted by molar-refractivity contribution is 6.42. The molecule has 0 aliphatic rings. The minimum absolute atomic E-state index is 0.0681. The molecule has 0 N–H and O–H groups in total. The van der Waals surface area contributed by atoms with Gasteiger partial charge >= 0.3 is 0 Å². The van der Waals surface area contributed by atoms with Gasteiger partial charge in [-0.05, 0) is 42.5 Å². The first-order valence-electron chi connectivity index (χ1n) is 6.86. The van der Waals surface area contributed by atoms with Crippen LogP contribution in [0.25, 0.3) is 5.69 Å². The number of nitrogens with zero attached hydrogens (tertiary/aromatic N) is 4. The Morgan fingerprint density at radius 2 is 1.75 bits per heavy atom. The number of halogens is 3. The van der Waals surface area contributed by atoms with Crippen molar-refractivity contribution < 1.29 is 4.79 Å². The molecule has 0 unspecified atom stereocenters. The van der Waals surface area contributed by atoms with Crippen LogP contribution in [-0.2, 0) is 0 Å². The third-order valence-corrected chi connectivity index (χ3v) is 4.36. The summed E-state index contributed by atoms with van der Waals surface area (Å²) in [6.07, 6.45) is 1.47. The van der Waals surface area contributed by atoms with Crippen molar-refractivity contribution in [2.75, 3.05) is 11.9 Å². The van der Waals surface area contributed by atoms with Gasteiger partial charge in [-0.3, -0.25) is 4.79 Å². The quantitative estimate of drug-likeness (QED) is 0.671. The molecule has 0 spiro atoms. The Morgan fingerprint density at radius 3 is 2.42 bits per heavy atom. The molecule has 1 aromatic heterocycles. The second kappa shape index (κ2) is 6.81. The van der Waals surface area contributed by atoms with E-state index in [9.17, 15) is 4.79 Å². The molecular weight excluding hydrogens is 371 g/mol. The third kappa shape index (κ3) is 3.38. The number of anilines is 1. The van der Waals surface area contributed by atoms with Crippen molar-refractivity contribution >= 4 is 46.4 Å². The molecule has 1 heterocycles. The van der Waals surface area contributed by atoms with E-state index in [1.54, 1.807) is 49.5 Å². The van der Waals surface area contributed by atoms with Crippen LogP contribution in [0.1, 0.15) is 10.6 Å². The monoisotopic (exact) mass is 380 g/mol. The highest BCUT2D eigenvalue weighted by Crippen LogP contribution is 2.27. The first-order chi connectivity index (χ1) is 11.5. The van der Waals surface area contributed by atoms with Gasteiger partial charge in [-0.2, -0.15) is 0 Å². The Hall–Kier alpha value is -2.08. The molecule has 0 atom stereocenters. The lowest BCUT2D eigenvalue weighted by Gasteiger charge is -2.16. The SMILES string of the molecule is CN(C(=O)c1ncn(-c2ccc(Cl)cc2)n1)c1ccc(Cl)c(Cl)c1. The van der Waals surface area contributed by atoms with Crippen molar-refractivity contribution in [2.45, 2.75) is 0 Å². The first kappa shape index (κ1) is 16.8. The van der Waals surface area contributed by atoms with Gasteiger partial charge in [0.15, 0.2) is 0 Å². The van der Waals surface area contributed by atoms with Gasteiger partial charge in [0.2, 0.25) is 5.82 Å². The maximum absolute atomic E-state index is 12.5. The van der Waals surface area contributed by atoms with Crippen LogP contribution in [0.4, 0.5) is 5.69 Å². The molecule has 1 amide bonds. The fourth-order valence-electron chi connectivity index (χ4n) is 2.04. The highest BCUT2D eigenvalue weighted by atomic mass is 35.5. The molecule has 0 bridgehead atoms. The Labute approximate surface area is 153 Å². The smallest absolute Gasteiger partial charge is 0.297 e. The number of aromatic nitrogens is 3. The normalized spacial score (nSPS) is 10.7. The van der Waals surface area contributed by atoms with E-state index in [0.29, 0.717) is 20.8 Å². The molecule has 3 aromatic rings. The molecule has 0 aliphatic carbocycles. The lowest BCUT2D eigenvalue weighted by molar-refractivity contribution is 0.0983. The molecule has 2 aromatic carbocycles. The molecule has 0 fully saturated rings. The van der Waals surface area contributed by atoms with Crippen LogP contribution in [0, 0.1) is 0 Å². The summed E-state index contributed by atoms with van der Waals surface area (Å²) in [7, 11) is 1.62. The number of carbonyl (C=O) groups is 1. The largest absolute Gasteiger partial charge is 0.309 e. The Kier molecular flexibility index (Phi) is 4.76. The van der Waals surface area contributed by atoms with Crippen molar-refractivity contribution in [3.8, 4) is 5.69 Å². The second-order valence-electron chi connectivity index (χ2n) is 4.95. The van der Waals surface area contributed by atoms with E-state index in [1.807, 2.05) is 0 Å². The van der Waals surface area contributed by atoms with Gasteiger partial charge < -0.3 is 4.90 Å². The predicted octanol–water partition coefficient (Wildman–Crippen LogP) is 4.50. The molecule has 5 nitrogen and oxygen atoms in total. The van der Waals surface area contributed by atoms with Crippen molar-refractivity contribution in [3.05, 3.63) is 69.7 Å². The molecule has 3 rings (SSSR count). The summed E-state index contributed by atoms with van der Waals surface area (Å²) in [5.41, 5.74) is 1.35. The lowest BCUT2D eigenvalue weighted by Crippen LogP contribution is -2.27. The number of carbonyl (C=O) groups excluding carboxylic acids is 1. The molecular formula is C16H11Cl3N4O. The summed E-state index contributed by atoms with van der Waals surface area (Å²) in [6.45, 7) is 0. The maximum atomic E-state index is 12.5. The number of rotatable bonds is 3. The molecule has 0 saturated heterocycles. The van der Waals surface area contributed by atoms with Gasteiger partial charge in [-0.15, -0.1) is 5.10 Å². The maximum Gasteiger partial charge on any atom is 0.297 e. The fourth-order valence-corrected chi connectivity index (χ4v) is 2.46. The van der Waals surface area contributed by atoms with Gasteiger partial charge in [0.1, 0.15) is 6.33 Å². The van der Waals surface area contributed by atoms with E-state index in [-0.39, 0.29) is 11.7 Å². The van der Waals surface area contributed by atoms with Crippen molar-refractivity contribution in [1.29, 1.82) is 0 Å². The van der Waals surface area contributed by atoms with Crippen LogP contribution >= 0.6 is 34.8 Å². The third-order valence-electron chi connectivity index (χ3n) is 3.37. The van der Waals surface area contributed by atoms with Crippen molar-refractivity contribution in [1.82, 2.24) is 14.8 Å². The van der Waals surface area contributed by atoms with E-state index in [0.717, 1.165) is 5.69 Å². The number of hydrogen-bond donors (Lipinski definition) is 0. The van der Waals surface area contributed by atoms with Crippen LogP contribution in [0.15, 0.2) is 48.8 Å². The Morgan fingerprint density at radius 1 is 1.04 bits per heavy atom. The van der Waals surface area contributed by atoms with Crippen LogP contribution in [-0.4, -0.2) is 27.7 Å². The molecule has 24 heavy (non-hydrogen) atoms. The van der Waals surface area contributed by atoms with E-state index in [4.69, 9.17) is 34.8 Å². The average Bonchev–Trinajstić information content (AvgIpc) is 3.06. The number of benzene rings is 2. The average molecular weight is 382 g/mol. The summed E-state index contributed by atoms with van der Waals surface area (Å²) < 4.78 is 1.51. The minimum atomic E-state index is -0.360. The standard InChI is InChI=1S/C16H11Cl3N4O/c1-22(12-6-7-13(18)14(19)8-12)16(24)15-20-9-23(21-15)11-4-2-10(17)3-5-11/h2-9H,1H3. The first-order valence-corrected chi connectivity index (χ1v) is 8.00. The molecule has 8 heteroatoms. The summed E-state index contributed by atoms with van der Waals surface area (Å²) in [4.78, 5) is 18.0. The Balaban J connectivity index is 1.85. The number of hydrogen-bond acceptors (Lipinski definition) is 3. The van der Waals surface area contributed by atoms with Crippen molar-refractivity contribution in [3.63, 3.8) is 0 Å². The molecule has 0 saturated carbocycles. The lowest BCUT2D eigenvalue weighted by atomic mass is 10.3. The van der Waals surface area contributed by atoms with Crippen LogP contribution in [0.2, 0.25) is 15.1 Å². The minimum Gasteiger partial charge on any atom is -0.309 e. The molecule has 0 aliphatic heterocycles. The fraction of sp³-hybridized carbons (Fsp3) is 0.0625. The van der Waals surface area contributed by atoms with Crippen LogP contribution in [0.3, 0.4) is 0 Å². The predicted molar refractivity (Wildman–Crippen MR) is 95.6 cm³/mol. The summed E-state index contributed by atoms with van der Waals surface area (Å²) >= 11 is 17.7. The summed E-state index contributed by atoms with van der Waals surface area (Å²) in [5, 5.41) is 5.62. The topological polar surface area (TPSA) is 51.0 Å². The van der Waals surface area contributed by atoms with Crippen molar-refractivity contribution in [2.24, 2.45) is 0 Å². The van der Waals surface area contributed by atoms with Crippen LogP contribution < -0.4 is 4.90 Å². The molecule has 0 radical (unpaired) electrons. The second-order valence-corrected chi connectivity index (χ2v) is 6.20. The van der Waals surface area contributed by atoms with Gasteiger partial charge in [-0.25, -0.2) is 9.67 Å². The van der Waals surface area contributed by atoms with E-state index in [2.05, 4.69) is 10.1 Å². The Bertz CT molecular complexity index is 893. The van der Waals surface area contributed by atoms with Gasteiger partial charge in [0.05, 0.1) is 15.7 Å². The van der Waals surface area contributed by atoms with Crippen LogP contribution in [0.5, 0.6) is 0 Å². The zero-order valence-electron chi connectivity index (χ0n) is 12.4. The summed E-state index contributed by atoms with van der Waals surface area (Å²) in [5.74, 6) is -0.292. The summed E-state index contributed by atoms with van der Waals surface area (Å²) in [6, 6.07) is 12.0. The van der Waals surface area contributed by atoms with E-state index >= 15 is 0 Å². The zero-order chi connectivity index (χ0) is 17.3. The highest BCUT2D eigenvalue weighted by Gasteiger charge is 2.19. The van der Waals surface area contributed by atoms with E-state index < -0.39 is 0 Å². The van der Waals surface area contributed by atoms with Gasteiger partial charge in [-0.1, -0.05) is 34.8 Å². The van der Waals surface area contributed by atoms with Gasteiger partial charge in [0, 0.05) is 17.8 Å². The van der Waals surface area contributed by atoms with Gasteiger partial charge in [0.25, 0.3) is 5.91 Å².